The van der Waals surface area contributed by atoms with Gasteiger partial charge in [0.1, 0.15) is 15.4 Å². The highest BCUT2D eigenvalue weighted by Crippen LogP contribution is 2.61. The number of halogens is 2. The molecule has 4 bridgehead atoms. The molecule has 5 aromatic rings. The number of pyridine rings is 1. The minimum Gasteiger partial charge on any atom is -0.365 e. The largest absolute Gasteiger partial charge is 0.365 e. The number of nitrogens with one attached hydrogen (secondary N) is 1. The molecule has 0 radical (unpaired) electrons. The zero-order chi connectivity index (χ0) is 31.9. The molecule has 4 fully saturated rings. The molecule has 0 saturated heterocycles. The summed E-state index contributed by atoms with van der Waals surface area (Å²) in [7, 11) is 1.74. The molecule has 46 heavy (non-hydrogen) atoms. The number of carbonyl (C=O) groups excluding carboxylic acids is 2. The van der Waals surface area contributed by atoms with Crippen LogP contribution in [0, 0.1) is 24.7 Å². The second kappa shape index (κ2) is 10.5. The first-order chi connectivity index (χ1) is 22.1. The van der Waals surface area contributed by atoms with E-state index in [4.69, 9.17) is 10.8 Å². The second-order valence-corrected chi connectivity index (χ2v) is 14.4. The maximum atomic E-state index is 14.5. The van der Waals surface area contributed by atoms with E-state index in [0.717, 1.165) is 42.0 Å². The van der Waals surface area contributed by atoms with Crippen LogP contribution in [-0.2, 0) is 12.5 Å². The van der Waals surface area contributed by atoms with E-state index in [9.17, 15) is 18.4 Å². The summed E-state index contributed by atoms with van der Waals surface area (Å²) in [5.41, 5.74) is 9.02. The number of amides is 2. The van der Waals surface area contributed by atoms with Crippen molar-refractivity contribution in [1.29, 1.82) is 0 Å². The Balaban J connectivity index is 1.29. The number of carbonyl (C=O) groups is 2. The first kappa shape index (κ1) is 29.0. The van der Waals surface area contributed by atoms with Crippen molar-refractivity contribution in [3.8, 4) is 16.8 Å². The molecule has 9 rings (SSSR count). The number of primary amides is 1. The first-order valence-corrected chi connectivity index (χ1v) is 16.4. The number of aromatic nitrogens is 5. The number of anilines is 1. The van der Waals surface area contributed by atoms with Crippen molar-refractivity contribution in [1.82, 2.24) is 24.5 Å². The minimum absolute atomic E-state index is 0.0388. The maximum absolute atomic E-state index is 14.5. The number of thiophene rings is 1. The maximum Gasteiger partial charge on any atom is 0.280 e. The SMILES string of the molecule is Cc1nn(C)cc1-c1cc(C(F)F)nc2sc(C(N)=O)c(NC(=O)c3cn(-c4ccccc4)nc3C34CC5CC(CC(C5)C3)C4)c12. The molecule has 2 amide bonds. The highest BCUT2D eigenvalue weighted by molar-refractivity contribution is 7.21. The second-order valence-electron chi connectivity index (χ2n) is 13.4. The number of rotatable bonds is 7. The number of nitrogens with zero attached hydrogens (tertiary/aromatic N) is 5. The van der Waals surface area contributed by atoms with Crippen molar-refractivity contribution in [3.05, 3.63) is 76.3 Å². The monoisotopic (exact) mass is 641 g/mol. The summed E-state index contributed by atoms with van der Waals surface area (Å²) in [4.78, 5) is 31.7. The molecule has 4 heterocycles. The van der Waals surface area contributed by atoms with E-state index in [1.165, 1.54) is 25.3 Å². The van der Waals surface area contributed by atoms with Gasteiger partial charge in [-0.2, -0.15) is 10.2 Å². The Labute approximate surface area is 267 Å². The van der Waals surface area contributed by atoms with Crippen molar-refractivity contribution >= 4 is 39.1 Å². The third kappa shape index (κ3) is 4.64. The molecule has 3 N–H and O–H groups in total. The van der Waals surface area contributed by atoms with E-state index < -0.39 is 23.9 Å². The number of benzene rings is 1. The number of nitrogens with two attached hydrogens (primary N) is 1. The van der Waals surface area contributed by atoms with Crippen molar-refractivity contribution in [3.63, 3.8) is 0 Å². The Hall–Kier alpha value is -4.45. The average Bonchev–Trinajstić information content (AvgIpc) is 3.72. The quantitative estimate of drug-likeness (QED) is 0.199. The van der Waals surface area contributed by atoms with Gasteiger partial charge < -0.3 is 11.1 Å². The van der Waals surface area contributed by atoms with E-state index in [2.05, 4.69) is 15.4 Å². The molecular formula is C34H33F2N7O2S. The van der Waals surface area contributed by atoms with Gasteiger partial charge in [0.2, 0.25) is 0 Å². The zero-order valence-electron chi connectivity index (χ0n) is 25.5. The standard InChI is InChI=1S/C34H33F2N7O2S/c1-17-23(15-42(2)40-17)22-11-25(30(35)36)38-33-26(22)27(28(46-33)31(37)44)39-32(45)24-16-43(21-6-4-3-5-7-21)41-29(24)34-12-18-8-19(13-34)10-20(9-18)14-34/h3-7,11,15-16,18-20,30H,8-10,12-14H2,1-2H3,(H2,37,44)(H,39,45). The van der Waals surface area contributed by atoms with Crippen LogP contribution >= 0.6 is 11.3 Å². The average molecular weight is 642 g/mol. The summed E-state index contributed by atoms with van der Waals surface area (Å²) in [6, 6.07) is 11.0. The van der Waals surface area contributed by atoms with Crippen LogP contribution < -0.4 is 11.1 Å². The smallest absolute Gasteiger partial charge is 0.280 e. The van der Waals surface area contributed by atoms with Crippen LogP contribution in [0.1, 0.15) is 82.1 Å². The Kier molecular flexibility index (Phi) is 6.65. The number of hydrogen-bond acceptors (Lipinski definition) is 6. The van der Waals surface area contributed by atoms with E-state index in [1.54, 1.807) is 35.7 Å². The zero-order valence-corrected chi connectivity index (χ0v) is 26.3. The fraction of sp³-hybridized carbons (Fsp3) is 0.382. The highest BCUT2D eigenvalue weighted by atomic mass is 32.1. The third-order valence-electron chi connectivity index (χ3n) is 10.2. The van der Waals surface area contributed by atoms with Crippen LogP contribution in [-0.4, -0.2) is 36.4 Å². The predicted molar refractivity (Wildman–Crippen MR) is 171 cm³/mol. The van der Waals surface area contributed by atoms with Gasteiger partial charge in [-0.15, -0.1) is 11.3 Å². The van der Waals surface area contributed by atoms with Crippen LogP contribution in [0.25, 0.3) is 27.0 Å². The fourth-order valence-electron chi connectivity index (χ4n) is 8.82. The first-order valence-electron chi connectivity index (χ1n) is 15.6. The topological polar surface area (TPSA) is 121 Å². The lowest BCUT2D eigenvalue weighted by Crippen LogP contribution is -2.49. The van der Waals surface area contributed by atoms with Crippen molar-refractivity contribution in [2.24, 2.45) is 30.5 Å². The van der Waals surface area contributed by atoms with Crippen molar-refractivity contribution < 1.29 is 18.4 Å². The summed E-state index contributed by atoms with van der Waals surface area (Å²) < 4.78 is 31.4. The van der Waals surface area contributed by atoms with Gasteiger partial charge in [0.05, 0.1) is 28.3 Å². The van der Waals surface area contributed by atoms with E-state index in [-0.39, 0.29) is 20.8 Å². The lowest BCUT2D eigenvalue weighted by atomic mass is 9.48. The number of hydrogen-bond donors (Lipinski definition) is 2. The summed E-state index contributed by atoms with van der Waals surface area (Å²) >= 11 is 0.894. The number of aryl methyl sites for hydroxylation is 2. The van der Waals surface area contributed by atoms with Crippen LogP contribution in [0.4, 0.5) is 14.5 Å². The minimum atomic E-state index is -2.84. The van der Waals surface area contributed by atoms with Gasteiger partial charge in [-0.1, -0.05) is 18.2 Å². The van der Waals surface area contributed by atoms with Gasteiger partial charge in [-0.25, -0.2) is 18.4 Å². The molecule has 4 aliphatic rings. The molecule has 236 valence electrons. The number of para-hydroxylation sites is 1. The van der Waals surface area contributed by atoms with Gasteiger partial charge in [-0.05, 0) is 87.0 Å². The van der Waals surface area contributed by atoms with Crippen LogP contribution in [0.3, 0.4) is 0 Å². The van der Waals surface area contributed by atoms with Crippen molar-refractivity contribution in [2.45, 2.75) is 57.3 Å². The van der Waals surface area contributed by atoms with Gasteiger partial charge in [-0.3, -0.25) is 14.3 Å². The van der Waals surface area contributed by atoms with Gasteiger partial charge in [0.15, 0.2) is 0 Å². The molecule has 0 unspecified atom stereocenters. The van der Waals surface area contributed by atoms with E-state index in [0.29, 0.717) is 45.5 Å². The molecule has 1 aromatic carbocycles. The summed E-state index contributed by atoms with van der Waals surface area (Å²) in [5.74, 6) is 0.680. The summed E-state index contributed by atoms with van der Waals surface area (Å²) in [6.45, 7) is 1.78. The van der Waals surface area contributed by atoms with Crippen molar-refractivity contribution in [2.75, 3.05) is 5.32 Å². The Bertz CT molecular complexity index is 1990. The normalized spacial score (nSPS) is 23.5. The molecule has 9 nitrogen and oxygen atoms in total. The molecule has 4 saturated carbocycles. The Morgan fingerprint density at radius 1 is 1.02 bits per heavy atom. The molecular weight excluding hydrogens is 608 g/mol. The molecule has 4 aromatic heterocycles. The number of fused-ring (bicyclic) bond motifs is 1. The van der Waals surface area contributed by atoms with Crippen LogP contribution in [0.2, 0.25) is 0 Å². The highest BCUT2D eigenvalue weighted by Gasteiger charge is 2.54. The lowest BCUT2D eigenvalue weighted by Gasteiger charge is -2.56. The molecule has 0 aliphatic heterocycles. The predicted octanol–water partition coefficient (Wildman–Crippen LogP) is 6.95. The Morgan fingerprint density at radius 3 is 2.28 bits per heavy atom. The van der Waals surface area contributed by atoms with Gasteiger partial charge in [0.25, 0.3) is 18.2 Å². The molecule has 0 atom stereocenters. The molecule has 4 aliphatic carbocycles. The Morgan fingerprint density at radius 2 is 1.70 bits per heavy atom. The summed E-state index contributed by atoms with van der Waals surface area (Å²) in [6.07, 6.45) is 7.40. The number of alkyl halides is 2. The molecule has 0 spiro atoms. The van der Waals surface area contributed by atoms with E-state index >= 15 is 0 Å². The lowest BCUT2D eigenvalue weighted by molar-refractivity contribution is -0.00765. The van der Waals surface area contributed by atoms with Gasteiger partial charge >= 0.3 is 0 Å². The fourth-order valence-corrected chi connectivity index (χ4v) is 9.84. The third-order valence-corrected chi connectivity index (χ3v) is 11.3. The van der Waals surface area contributed by atoms with E-state index in [1.807, 2.05) is 30.3 Å². The molecule has 12 heteroatoms. The summed E-state index contributed by atoms with van der Waals surface area (Å²) in [5, 5.41) is 12.9. The van der Waals surface area contributed by atoms with Crippen LogP contribution in [0.5, 0.6) is 0 Å². The van der Waals surface area contributed by atoms with Crippen LogP contribution in [0.15, 0.2) is 48.8 Å². The van der Waals surface area contributed by atoms with Gasteiger partial charge in [0, 0.05) is 35.8 Å².